The van der Waals surface area contributed by atoms with Crippen LogP contribution in [0.15, 0.2) is 0 Å². The molecule has 0 aromatic rings. The number of rotatable bonds is 1. The van der Waals surface area contributed by atoms with E-state index in [-0.39, 0.29) is 5.60 Å². The largest absolute Gasteiger partial charge is 0.390 e. The van der Waals surface area contributed by atoms with Gasteiger partial charge in [0, 0.05) is 7.11 Å². The van der Waals surface area contributed by atoms with Crippen molar-refractivity contribution < 1.29 is 9.84 Å². The summed E-state index contributed by atoms with van der Waals surface area (Å²) < 4.78 is 5.73. The van der Waals surface area contributed by atoms with Crippen LogP contribution in [-0.2, 0) is 4.74 Å². The average molecular weight is 196 g/mol. The van der Waals surface area contributed by atoms with Gasteiger partial charge in [0.05, 0.1) is 11.2 Å². The summed E-state index contributed by atoms with van der Waals surface area (Å²) in [6.45, 7) is 2.05. The molecule has 4 aliphatic carbocycles. The molecule has 2 atom stereocenters. The van der Waals surface area contributed by atoms with Crippen LogP contribution >= 0.6 is 0 Å². The number of aliphatic hydroxyl groups is 1. The summed E-state index contributed by atoms with van der Waals surface area (Å²) in [6.07, 6.45) is 5.88. The summed E-state index contributed by atoms with van der Waals surface area (Å²) in [6, 6.07) is 0. The molecule has 0 aromatic carbocycles. The first kappa shape index (κ1) is 9.17. The first-order valence-electron chi connectivity index (χ1n) is 5.83. The van der Waals surface area contributed by atoms with Gasteiger partial charge in [-0.3, -0.25) is 0 Å². The van der Waals surface area contributed by atoms with E-state index in [9.17, 15) is 5.11 Å². The zero-order chi connectivity index (χ0) is 9.97. The van der Waals surface area contributed by atoms with Crippen LogP contribution in [-0.4, -0.2) is 23.4 Å². The third-order valence-corrected chi connectivity index (χ3v) is 5.22. The zero-order valence-corrected chi connectivity index (χ0v) is 9.12. The molecule has 0 amide bonds. The fourth-order valence-corrected chi connectivity index (χ4v) is 4.38. The zero-order valence-electron chi connectivity index (χ0n) is 9.12. The lowest BCUT2D eigenvalue weighted by Crippen LogP contribution is -2.62. The Morgan fingerprint density at radius 1 is 1.14 bits per heavy atom. The Balaban J connectivity index is 1.96. The van der Waals surface area contributed by atoms with Crippen LogP contribution in [0, 0.1) is 17.8 Å². The summed E-state index contributed by atoms with van der Waals surface area (Å²) in [5, 5.41) is 10.4. The van der Waals surface area contributed by atoms with Crippen molar-refractivity contribution in [1.82, 2.24) is 0 Å². The van der Waals surface area contributed by atoms with E-state index >= 15 is 0 Å². The third kappa shape index (κ3) is 0.989. The van der Waals surface area contributed by atoms with Crippen molar-refractivity contribution in [2.24, 2.45) is 17.8 Å². The predicted molar refractivity (Wildman–Crippen MR) is 53.9 cm³/mol. The van der Waals surface area contributed by atoms with Gasteiger partial charge in [0.15, 0.2) is 0 Å². The van der Waals surface area contributed by atoms with E-state index in [1.54, 1.807) is 0 Å². The minimum atomic E-state index is -0.404. The topological polar surface area (TPSA) is 29.5 Å². The normalized spacial score (nSPS) is 60.6. The fraction of sp³-hybridized carbons (Fsp3) is 1.00. The minimum Gasteiger partial charge on any atom is -0.390 e. The second-order valence-corrected chi connectivity index (χ2v) is 5.96. The van der Waals surface area contributed by atoms with Crippen molar-refractivity contribution in [1.29, 1.82) is 0 Å². The van der Waals surface area contributed by atoms with Crippen LogP contribution in [0.25, 0.3) is 0 Å². The van der Waals surface area contributed by atoms with E-state index in [0.717, 1.165) is 18.8 Å². The molecule has 0 saturated heterocycles. The number of methoxy groups -OCH3 is 1. The molecular formula is C12H20O2. The molecular weight excluding hydrogens is 176 g/mol. The summed E-state index contributed by atoms with van der Waals surface area (Å²) in [5.74, 6) is 1.81. The lowest BCUT2D eigenvalue weighted by molar-refractivity contribution is -0.227. The Kier molecular flexibility index (Phi) is 1.66. The van der Waals surface area contributed by atoms with Crippen molar-refractivity contribution >= 4 is 0 Å². The van der Waals surface area contributed by atoms with Gasteiger partial charge in [0.25, 0.3) is 0 Å². The van der Waals surface area contributed by atoms with Crippen molar-refractivity contribution in [3.8, 4) is 0 Å². The predicted octanol–water partition coefficient (Wildman–Crippen LogP) is 1.96. The molecule has 0 aliphatic heterocycles. The van der Waals surface area contributed by atoms with Crippen molar-refractivity contribution in [2.75, 3.05) is 7.11 Å². The Hall–Kier alpha value is -0.0800. The highest BCUT2D eigenvalue weighted by atomic mass is 16.5. The van der Waals surface area contributed by atoms with Crippen LogP contribution in [0.2, 0.25) is 0 Å². The van der Waals surface area contributed by atoms with E-state index in [0.29, 0.717) is 11.8 Å². The summed E-state index contributed by atoms with van der Waals surface area (Å²) in [7, 11) is 1.85. The van der Waals surface area contributed by atoms with E-state index in [2.05, 4.69) is 0 Å². The third-order valence-electron chi connectivity index (χ3n) is 5.22. The molecule has 2 heteroatoms. The van der Waals surface area contributed by atoms with Gasteiger partial charge in [-0.05, 0) is 56.8 Å². The Morgan fingerprint density at radius 2 is 1.71 bits per heavy atom. The van der Waals surface area contributed by atoms with Gasteiger partial charge in [-0.1, -0.05) is 0 Å². The summed E-state index contributed by atoms with van der Waals surface area (Å²) in [5.41, 5.74) is -0.266. The molecule has 4 bridgehead atoms. The highest BCUT2D eigenvalue weighted by molar-refractivity contribution is 5.11. The van der Waals surface area contributed by atoms with E-state index in [1.807, 2.05) is 14.0 Å². The van der Waals surface area contributed by atoms with Gasteiger partial charge < -0.3 is 9.84 Å². The van der Waals surface area contributed by atoms with Gasteiger partial charge in [-0.2, -0.15) is 0 Å². The van der Waals surface area contributed by atoms with Gasteiger partial charge in [0.1, 0.15) is 0 Å². The molecule has 4 fully saturated rings. The molecule has 2 nitrogen and oxygen atoms in total. The molecule has 14 heavy (non-hydrogen) atoms. The summed E-state index contributed by atoms with van der Waals surface area (Å²) in [4.78, 5) is 0. The van der Waals surface area contributed by atoms with Crippen LogP contribution in [0.5, 0.6) is 0 Å². The molecule has 0 heterocycles. The van der Waals surface area contributed by atoms with Gasteiger partial charge in [-0.15, -0.1) is 0 Å². The molecule has 4 aliphatic rings. The second-order valence-electron chi connectivity index (χ2n) is 5.96. The molecule has 4 saturated carbocycles. The Labute approximate surface area is 85.6 Å². The van der Waals surface area contributed by atoms with Crippen LogP contribution in [0.4, 0.5) is 0 Å². The van der Waals surface area contributed by atoms with Gasteiger partial charge in [-0.25, -0.2) is 0 Å². The van der Waals surface area contributed by atoms with E-state index < -0.39 is 5.60 Å². The minimum absolute atomic E-state index is 0.138. The van der Waals surface area contributed by atoms with Gasteiger partial charge >= 0.3 is 0 Å². The smallest absolute Gasteiger partial charge is 0.0688 e. The van der Waals surface area contributed by atoms with Crippen LogP contribution < -0.4 is 0 Å². The highest BCUT2D eigenvalue weighted by Crippen LogP contribution is 2.60. The molecule has 0 aromatic heterocycles. The SMILES string of the molecule is COC12CC3CC(C1)C(C)(O)C(C3)C2. The van der Waals surface area contributed by atoms with Gasteiger partial charge in [0.2, 0.25) is 0 Å². The Morgan fingerprint density at radius 3 is 2.21 bits per heavy atom. The number of hydrogen-bond acceptors (Lipinski definition) is 2. The maximum Gasteiger partial charge on any atom is 0.0688 e. The Bertz CT molecular complexity index is 241. The molecule has 80 valence electrons. The lowest BCUT2D eigenvalue weighted by Gasteiger charge is -2.62. The second kappa shape index (κ2) is 2.53. The molecule has 1 N–H and O–H groups in total. The quantitative estimate of drug-likeness (QED) is 0.694. The highest BCUT2D eigenvalue weighted by Gasteiger charge is 2.60. The maximum absolute atomic E-state index is 10.4. The number of ether oxygens (including phenoxy) is 1. The molecule has 0 radical (unpaired) electrons. The van der Waals surface area contributed by atoms with Crippen LogP contribution in [0.3, 0.4) is 0 Å². The first-order valence-corrected chi connectivity index (χ1v) is 5.83. The van der Waals surface area contributed by atoms with E-state index in [4.69, 9.17) is 4.74 Å². The lowest BCUT2D eigenvalue weighted by atomic mass is 9.48. The van der Waals surface area contributed by atoms with E-state index in [1.165, 1.54) is 19.3 Å². The van der Waals surface area contributed by atoms with Crippen molar-refractivity contribution in [2.45, 2.75) is 50.2 Å². The van der Waals surface area contributed by atoms with Crippen molar-refractivity contribution in [3.63, 3.8) is 0 Å². The first-order chi connectivity index (χ1) is 6.56. The van der Waals surface area contributed by atoms with Crippen molar-refractivity contribution in [3.05, 3.63) is 0 Å². The molecule has 2 unspecified atom stereocenters. The summed E-state index contributed by atoms with van der Waals surface area (Å²) >= 11 is 0. The molecule has 4 rings (SSSR count). The number of hydrogen-bond donors (Lipinski definition) is 1. The average Bonchev–Trinajstić information content (AvgIpc) is 2.14. The fourth-order valence-electron chi connectivity index (χ4n) is 4.38. The van der Waals surface area contributed by atoms with Crippen LogP contribution in [0.1, 0.15) is 39.0 Å². The molecule has 0 spiro atoms. The maximum atomic E-state index is 10.4. The monoisotopic (exact) mass is 196 g/mol. The standard InChI is InChI=1S/C12H20O2/c1-11(13)9-3-8-4-10(11)7-12(5-8,6-9)14-2/h8-10,13H,3-7H2,1-2H3.